The van der Waals surface area contributed by atoms with E-state index in [9.17, 15) is 32.4 Å². The highest BCUT2D eigenvalue weighted by atomic mass is 32.2. The van der Waals surface area contributed by atoms with E-state index in [4.69, 9.17) is 0 Å². The first kappa shape index (κ1) is 19.9. The number of aromatic amines is 1. The second-order valence-electron chi connectivity index (χ2n) is 6.44. The van der Waals surface area contributed by atoms with Crippen LogP contribution in [0.1, 0.15) is 19.5 Å². The molecule has 12 heteroatoms. The van der Waals surface area contributed by atoms with Gasteiger partial charge in [0, 0.05) is 11.2 Å². The summed E-state index contributed by atoms with van der Waals surface area (Å²) in [6.45, 7) is 2.54. The average molecular weight is 414 g/mol. The standard InChI is InChI=1S/C16H13F3N4O4S/c1-16(2,13(24)25)11-9(6-4-7(17)10(19)8(18)5-6)12-20-14(28(3)27)21-15(26)23(12)22-11/h4-5H,1-3H3,(H,24,25)(H,20,21,26). The number of nitrogens with one attached hydrogen (secondary N) is 1. The van der Waals surface area contributed by atoms with Crippen LogP contribution in [0.3, 0.4) is 0 Å². The maximum absolute atomic E-state index is 13.8. The lowest BCUT2D eigenvalue weighted by atomic mass is 9.85. The molecule has 3 rings (SSSR count). The number of benzene rings is 1. The van der Waals surface area contributed by atoms with Gasteiger partial charge in [0.15, 0.2) is 23.1 Å². The van der Waals surface area contributed by atoms with Gasteiger partial charge in [-0.2, -0.15) is 14.6 Å². The van der Waals surface area contributed by atoms with Crippen LogP contribution in [0.15, 0.2) is 22.1 Å². The third-order valence-electron chi connectivity index (χ3n) is 4.15. The minimum Gasteiger partial charge on any atom is -0.609 e. The van der Waals surface area contributed by atoms with Crippen LogP contribution in [-0.4, -0.2) is 41.5 Å². The Kier molecular flexibility index (Phi) is 4.71. The van der Waals surface area contributed by atoms with Crippen LogP contribution in [0.4, 0.5) is 13.2 Å². The van der Waals surface area contributed by atoms with Gasteiger partial charge in [-0.25, -0.2) is 22.9 Å². The number of rotatable bonds is 4. The third-order valence-corrected chi connectivity index (χ3v) is 4.88. The molecule has 0 spiro atoms. The largest absolute Gasteiger partial charge is 0.609 e. The fourth-order valence-electron chi connectivity index (χ4n) is 2.56. The molecular formula is C16H13F3N4O4S. The maximum Gasteiger partial charge on any atom is 0.353 e. The fourth-order valence-corrected chi connectivity index (χ4v) is 3.01. The van der Waals surface area contributed by atoms with E-state index in [1.807, 2.05) is 0 Å². The number of halogens is 3. The zero-order chi connectivity index (χ0) is 21.0. The molecule has 0 amide bonds. The summed E-state index contributed by atoms with van der Waals surface area (Å²) in [5.74, 6) is -6.08. The van der Waals surface area contributed by atoms with E-state index in [1.54, 1.807) is 0 Å². The number of aliphatic carboxylic acids is 1. The molecule has 0 aliphatic rings. The first-order chi connectivity index (χ1) is 12.9. The number of H-pyrrole nitrogens is 1. The van der Waals surface area contributed by atoms with Gasteiger partial charge in [-0.05, 0) is 31.5 Å². The Morgan fingerprint density at radius 2 is 1.86 bits per heavy atom. The number of carbonyl (C=O) groups is 1. The van der Waals surface area contributed by atoms with Crippen molar-refractivity contribution >= 4 is 22.8 Å². The van der Waals surface area contributed by atoms with Gasteiger partial charge in [0.25, 0.3) is 0 Å². The number of nitrogens with zero attached hydrogens (tertiary/aromatic N) is 3. The minimum atomic E-state index is -1.73. The normalized spacial score (nSPS) is 13.1. The predicted molar refractivity (Wildman–Crippen MR) is 91.9 cm³/mol. The number of aromatic nitrogens is 4. The van der Waals surface area contributed by atoms with Crippen molar-refractivity contribution in [3.8, 4) is 11.1 Å². The van der Waals surface area contributed by atoms with E-state index in [1.165, 1.54) is 20.1 Å². The van der Waals surface area contributed by atoms with E-state index < -0.39 is 45.7 Å². The molecule has 3 aromatic rings. The summed E-state index contributed by atoms with van der Waals surface area (Å²) in [4.78, 5) is 30.3. The summed E-state index contributed by atoms with van der Waals surface area (Å²) in [5.41, 5.74) is -3.56. The summed E-state index contributed by atoms with van der Waals surface area (Å²) >= 11 is -1.73. The molecule has 2 aromatic heterocycles. The number of carboxylic acid groups (broad SMARTS) is 1. The number of hydrogen-bond donors (Lipinski definition) is 2. The van der Waals surface area contributed by atoms with Crippen molar-refractivity contribution in [2.24, 2.45) is 0 Å². The molecule has 0 aliphatic carbocycles. The summed E-state index contributed by atoms with van der Waals surface area (Å²) in [5, 5.41) is 13.3. The van der Waals surface area contributed by atoms with Crippen molar-refractivity contribution in [3.63, 3.8) is 0 Å². The van der Waals surface area contributed by atoms with Gasteiger partial charge in [-0.1, -0.05) is 0 Å². The molecule has 0 aliphatic heterocycles. The molecule has 0 radical (unpaired) electrons. The second-order valence-corrected chi connectivity index (χ2v) is 7.74. The van der Waals surface area contributed by atoms with E-state index in [2.05, 4.69) is 15.1 Å². The Hall–Kier alpha value is -2.86. The van der Waals surface area contributed by atoms with Crippen LogP contribution in [0.2, 0.25) is 0 Å². The Labute approximate surface area is 158 Å². The summed E-state index contributed by atoms with van der Waals surface area (Å²) in [7, 11) is 0. The quantitative estimate of drug-likeness (QED) is 0.494. The maximum atomic E-state index is 13.8. The van der Waals surface area contributed by atoms with Crippen LogP contribution in [0.5, 0.6) is 0 Å². The average Bonchev–Trinajstić information content (AvgIpc) is 2.99. The summed E-state index contributed by atoms with van der Waals surface area (Å²) in [6.07, 6.45) is 1.24. The molecule has 8 nitrogen and oxygen atoms in total. The number of fused-ring (bicyclic) bond motifs is 1. The zero-order valence-electron chi connectivity index (χ0n) is 14.7. The Morgan fingerprint density at radius 3 is 2.36 bits per heavy atom. The fraction of sp³-hybridized carbons (Fsp3) is 0.250. The van der Waals surface area contributed by atoms with Gasteiger partial charge in [-0.3, -0.25) is 4.79 Å². The van der Waals surface area contributed by atoms with Crippen molar-refractivity contribution in [1.82, 2.24) is 19.6 Å². The van der Waals surface area contributed by atoms with Gasteiger partial charge in [0.05, 0.1) is 11.3 Å². The molecule has 1 aromatic carbocycles. The van der Waals surface area contributed by atoms with Crippen LogP contribution < -0.4 is 5.69 Å². The Bertz CT molecular complexity index is 1150. The monoisotopic (exact) mass is 414 g/mol. The Balaban J connectivity index is 2.50. The number of carboxylic acids is 1. The molecule has 1 atom stereocenters. The molecule has 0 saturated heterocycles. The lowest BCUT2D eigenvalue weighted by molar-refractivity contribution is -0.142. The van der Waals surface area contributed by atoms with Crippen LogP contribution in [-0.2, 0) is 21.4 Å². The van der Waals surface area contributed by atoms with Gasteiger partial charge in [-0.15, -0.1) is 0 Å². The van der Waals surface area contributed by atoms with Crippen molar-refractivity contribution in [3.05, 3.63) is 45.8 Å². The van der Waals surface area contributed by atoms with Crippen molar-refractivity contribution in [2.45, 2.75) is 24.4 Å². The highest BCUT2D eigenvalue weighted by molar-refractivity contribution is 7.90. The number of hydrogen-bond acceptors (Lipinski definition) is 5. The topological polar surface area (TPSA) is 123 Å². The molecular weight excluding hydrogens is 401 g/mol. The molecule has 2 heterocycles. The summed E-state index contributed by atoms with van der Waals surface area (Å²) < 4.78 is 53.4. The SMILES string of the molecule is C[S+]([O-])c1nc2c(-c3cc(F)c(F)c(F)c3)c(C(C)(C)C(=O)O)nn2c(=O)[nH]1. The Morgan fingerprint density at radius 1 is 1.29 bits per heavy atom. The van der Waals surface area contributed by atoms with Crippen LogP contribution in [0, 0.1) is 17.5 Å². The lowest BCUT2D eigenvalue weighted by Crippen LogP contribution is -2.30. The highest BCUT2D eigenvalue weighted by Gasteiger charge is 2.37. The van der Waals surface area contributed by atoms with Crippen LogP contribution in [0.25, 0.3) is 16.8 Å². The van der Waals surface area contributed by atoms with Crippen molar-refractivity contribution < 1.29 is 27.6 Å². The molecule has 0 bridgehead atoms. The third kappa shape index (κ3) is 3.03. The highest BCUT2D eigenvalue weighted by Crippen LogP contribution is 2.36. The van der Waals surface area contributed by atoms with Crippen molar-refractivity contribution in [2.75, 3.05) is 6.26 Å². The zero-order valence-corrected chi connectivity index (χ0v) is 15.5. The van der Waals surface area contributed by atoms with E-state index >= 15 is 0 Å². The first-order valence-corrected chi connectivity index (χ1v) is 9.26. The minimum absolute atomic E-state index is 0.192. The smallest absolute Gasteiger partial charge is 0.353 e. The molecule has 0 saturated carbocycles. The molecule has 0 fully saturated rings. The van der Waals surface area contributed by atoms with E-state index in [-0.39, 0.29) is 27.6 Å². The van der Waals surface area contributed by atoms with E-state index in [0.717, 1.165) is 0 Å². The summed E-state index contributed by atoms with van der Waals surface area (Å²) in [6, 6.07) is 1.28. The van der Waals surface area contributed by atoms with Gasteiger partial charge in [0.2, 0.25) is 0 Å². The second kappa shape index (κ2) is 6.63. The lowest BCUT2D eigenvalue weighted by Gasteiger charge is -2.18. The van der Waals surface area contributed by atoms with Crippen LogP contribution >= 0.6 is 0 Å². The van der Waals surface area contributed by atoms with E-state index in [0.29, 0.717) is 16.6 Å². The molecule has 1 unspecified atom stereocenters. The molecule has 28 heavy (non-hydrogen) atoms. The molecule has 2 N–H and O–H groups in total. The van der Waals surface area contributed by atoms with Gasteiger partial charge < -0.3 is 9.66 Å². The van der Waals surface area contributed by atoms with Crippen molar-refractivity contribution in [1.29, 1.82) is 0 Å². The predicted octanol–water partition coefficient (Wildman–Crippen LogP) is 1.60. The van der Waals surface area contributed by atoms with Gasteiger partial charge >= 0.3 is 16.8 Å². The first-order valence-electron chi connectivity index (χ1n) is 7.70. The van der Waals surface area contributed by atoms with Gasteiger partial charge in [0.1, 0.15) is 11.7 Å². The molecule has 148 valence electrons.